The molecule has 1 aliphatic heterocycles. The lowest BCUT2D eigenvalue weighted by Gasteiger charge is -2.23. The molecule has 0 aromatic carbocycles. The molecule has 26 heavy (non-hydrogen) atoms. The van der Waals surface area contributed by atoms with Gasteiger partial charge in [0, 0.05) is 36.0 Å². The first kappa shape index (κ1) is 17.2. The lowest BCUT2D eigenvalue weighted by atomic mass is 10.00. The number of piperidine rings is 1. The molecule has 0 spiro atoms. The van der Waals surface area contributed by atoms with Gasteiger partial charge < -0.3 is 10.6 Å². The molecular weight excluding hydrogens is 346 g/mol. The fourth-order valence-corrected chi connectivity index (χ4v) is 3.58. The standard InChI is InChI=1S/C20H22ClN5/c21-16-6-2-1-5-15(10-16)17-11-18-19(24-9-8-23-18)20(26-17)25-13-14-4-3-7-22-12-14/h1-2,5,8-11,14,22H,3-4,6-7,12-13H2,(H,25,26). The van der Waals surface area contributed by atoms with E-state index < -0.39 is 0 Å². The second kappa shape index (κ2) is 7.98. The maximum atomic E-state index is 6.28. The first-order valence-electron chi connectivity index (χ1n) is 9.09. The Bertz CT molecular complexity index is 881. The van der Waals surface area contributed by atoms with Crippen molar-refractivity contribution in [3.05, 3.63) is 53.5 Å². The summed E-state index contributed by atoms with van der Waals surface area (Å²) in [6.07, 6.45) is 14.7. The van der Waals surface area contributed by atoms with Crippen molar-refractivity contribution < 1.29 is 0 Å². The summed E-state index contributed by atoms with van der Waals surface area (Å²) in [6.45, 7) is 3.04. The van der Waals surface area contributed by atoms with Crippen molar-refractivity contribution >= 4 is 34.0 Å². The Morgan fingerprint density at radius 3 is 3.08 bits per heavy atom. The molecule has 4 rings (SSSR count). The molecule has 1 aliphatic carbocycles. The summed E-state index contributed by atoms with van der Waals surface area (Å²) in [5.74, 6) is 1.39. The Labute approximate surface area is 158 Å². The van der Waals surface area contributed by atoms with Crippen molar-refractivity contribution in [1.82, 2.24) is 20.3 Å². The van der Waals surface area contributed by atoms with Crippen LogP contribution in [0.1, 0.15) is 25.0 Å². The van der Waals surface area contributed by atoms with Crippen LogP contribution in [0.3, 0.4) is 0 Å². The van der Waals surface area contributed by atoms with Gasteiger partial charge in [0.15, 0.2) is 5.82 Å². The second-order valence-electron chi connectivity index (χ2n) is 6.72. The van der Waals surface area contributed by atoms with Crippen LogP contribution in [0.5, 0.6) is 0 Å². The highest BCUT2D eigenvalue weighted by Crippen LogP contribution is 2.27. The molecule has 0 saturated carbocycles. The van der Waals surface area contributed by atoms with Crippen LogP contribution in [0.25, 0.3) is 16.6 Å². The summed E-state index contributed by atoms with van der Waals surface area (Å²) >= 11 is 6.28. The average molecular weight is 368 g/mol. The number of rotatable bonds is 4. The zero-order chi connectivity index (χ0) is 17.8. The molecule has 2 aliphatic rings. The van der Waals surface area contributed by atoms with Crippen molar-refractivity contribution in [1.29, 1.82) is 0 Å². The summed E-state index contributed by atoms with van der Waals surface area (Å²) in [4.78, 5) is 13.8. The number of nitrogens with one attached hydrogen (secondary N) is 2. The molecule has 2 N–H and O–H groups in total. The predicted molar refractivity (Wildman–Crippen MR) is 107 cm³/mol. The van der Waals surface area contributed by atoms with E-state index in [1.54, 1.807) is 12.4 Å². The van der Waals surface area contributed by atoms with Gasteiger partial charge in [0.1, 0.15) is 5.52 Å². The van der Waals surface area contributed by atoms with Gasteiger partial charge in [-0.05, 0) is 44.0 Å². The van der Waals surface area contributed by atoms with Gasteiger partial charge in [-0.3, -0.25) is 4.98 Å². The number of allylic oxidation sites excluding steroid dienone is 6. The summed E-state index contributed by atoms with van der Waals surface area (Å²) in [5, 5.41) is 7.77. The monoisotopic (exact) mass is 367 g/mol. The fraction of sp³-hybridized carbons (Fsp3) is 0.350. The number of fused-ring (bicyclic) bond motifs is 1. The van der Waals surface area contributed by atoms with Crippen LogP contribution in [0.2, 0.25) is 0 Å². The summed E-state index contributed by atoms with van der Waals surface area (Å²) in [7, 11) is 0. The number of nitrogens with zero attached hydrogens (tertiary/aromatic N) is 3. The number of hydrogen-bond donors (Lipinski definition) is 2. The first-order chi connectivity index (χ1) is 12.8. The molecule has 0 amide bonds. The number of anilines is 1. The van der Waals surface area contributed by atoms with Gasteiger partial charge in [0.2, 0.25) is 0 Å². The molecule has 1 fully saturated rings. The molecule has 0 bridgehead atoms. The molecule has 0 radical (unpaired) electrons. The minimum atomic E-state index is 0.607. The molecular formula is C20H22ClN5. The predicted octanol–water partition coefficient (Wildman–Crippen LogP) is 3.90. The van der Waals surface area contributed by atoms with E-state index in [4.69, 9.17) is 16.6 Å². The van der Waals surface area contributed by atoms with Crippen molar-refractivity contribution in [2.45, 2.75) is 19.3 Å². The first-order valence-corrected chi connectivity index (χ1v) is 9.47. The van der Waals surface area contributed by atoms with Crippen molar-refractivity contribution in [2.24, 2.45) is 5.92 Å². The summed E-state index contributed by atoms with van der Waals surface area (Å²) in [6, 6.07) is 1.97. The van der Waals surface area contributed by atoms with Crippen LogP contribution in [-0.2, 0) is 0 Å². The number of pyridine rings is 1. The molecule has 1 unspecified atom stereocenters. The van der Waals surface area contributed by atoms with Gasteiger partial charge in [-0.25, -0.2) is 9.97 Å². The van der Waals surface area contributed by atoms with Crippen LogP contribution >= 0.6 is 11.6 Å². The average Bonchev–Trinajstić information content (AvgIpc) is 2.91. The smallest absolute Gasteiger partial charge is 0.154 e. The van der Waals surface area contributed by atoms with E-state index in [2.05, 4.69) is 20.6 Å². The number of halogens is 1. The van der Waals surface area contributed by atoms with Gasteiger partial charge in [-0.2, -0.15) is 0 Å². The van der Waals surface area contributed by atoms with E-state index in [0.29, 0.717) is 5.92 Å². The largest absolute Gasteiger partial charge is 0.368 e. The highest BCUT2D eigenvalue weighted by molar-refractivity contribution is 6.30. The zero-order valence-electron chi connectivity index (χ0n) is 14.6. The van der Waals surface area contributed by atoms with E-state index in [0.717, 1.165) is 59.2 Å². The quantitative estimate of drug-likeness (QED) is 0.858. The van der Waals surface area contributed by atoms with Crippen molar-refractivity contribution in [2.75, 3.05) is 25.0 Å². The maximum absolute atomic E-state index is 6.28. The number of aromatic nitrogens is 3. The minimum Gasteiger partial charge on any atom is -0.368 e. The second-order valence-corrected chi connectivity index (χ2v) is 7.20. The van der Waals surface area contributed by atoms with Gasteiger partial charge in [0.25, 0.3) is 0 Å². The van der Waals surface area contributed by atoms with E-state index in [9.17, 15) is 0 Å². The van der Waals surface area contributed by atoms with Crippen LogP contribution < -0.4 is 10.6 Å². The summed E-state index contributed by atoms with van der Waals surface area (Å²) < 4.78 is 0. The normalized spacial score (nSPS) is 20.4. The maximum Gasteiger partial charge on any atom is 0.154 e. The van der Waals surface area contributed by atoms with Gasteiger partial charge in [-0.1, -0.05) is 29.8 Å². The Kier molecular flexibility index (Phi) is 5.27. The lowest BCUT2D eigenvalue weighted by Crippen LogP contribution is -2.33. The van der Waals surface area contributed by atoms with E-state index in [1.807, 2.05) is 30.4 Å². The third-order valence-electron chi connectivity index (χ3n) is 4.75. The van der Waals surface area contributed by atoms with Gasteiger partial charge in [0.05, 0.1) is 11.2 Å². The molecule has 2 aromatic rings. The molecule has 1 atom stereocenters. The highest BCUT2D eigenvalue weighted by atomic mass is 35.5. The number of hydrogen-bond acceptors (Lipinski definition) is 5. The molecule has 3 heterocycles. The lowest BCUT2D eigenvalue weighted by molar-refractivity contribution is 0.392. The Hall–Kier alpha value is -2.24. The van der Waals surface area contributed by atoms with Crippen LogP contribution in [-0.4, -0.2) is 34.6 Å². The van der Waals surface area contributed by atoms with Crippen LogP contribution in [0, 0.1) is 5.92 Å². The van der Waals surface area contributed by atoms with Crippen molar-refractivity contribution in [3.8, 4) is 0 Å². The fourth-order valence-electron chi connectivity index (χ4n) is 3.37. The molecule has 5 nitrogen and oxygen atoms in total. The summed E-state index contributed by atoms with van der Waals surface area (Å²) in [5.41, 5.74) is 3.48. The molecule has 1 saturated heterocycles. The molecule has 2 aromatic heterocycles. The van der Waals surface area contributed by atoms with E-state index >= 15 is 0 Å². The highest BCUT2D eigenvalue weighted by Gasteiger charge is 2.15. The third-order valence-corrected chi connectivity index (χ3v) is 5.01. The molecule has 6 heteroatoms. The van der Waals surface area contributed by atoms with Gasteiger partial charge in [-0.15, -0.1) is 0 Å². The van der Waals surface area contributed by atoms with Gasteiger partial charge >= 0.3 is 0 Å². The SMILES string of the molecule is ClC1=CC(c2cc3nccnc3c(NCC3CCCNC3)n2)=CC=CC1. The van der Waals surface area contributed by atoms with Crippen LogP contribution in [0.4, 0.5) is 5.82 Å². The Morgan fingerprint density at radius 1 is 1.27 bits per heavy atom. The Morgan fingerprint density at radius 2 is 2.19 bits per heavy atom. The Balaban J connectivity index is 1.68. The third kappa shape index (κ3) is 3.94. The van der Waals surface area contributed by atoms with E-state index in [-0.39, 0.29) is 0 Å². The zero-order valence-corrected chi connectivity index (χ0v) is 15.3. The van der Waals surface area contributed by atoms with Crippen LogP contribution in [0.15, 0.2) is 47.8 Å². The van der Waals surface area contributed by atoms with Crippen molar-refractivity contribution in [3.63, 3.8) is 0 Å². The minimum absolute atomic E-state index is 0.607. The molecule has 134 valence electrons. The van der Waals surface area contributed by atoms with E-state index in [1.165, 1.54) is 12.8 Å². The topological polar surface area (TPSA) is 62.7 Å².